The molecular formula is C26H28N2O. The number of hydrogen-bond acceptors (Lipinski definition) is 2. The van der Waals surface area contributed by atoms with Gasteiger partial charge in [0.25, 0.3) is 0 Å². The molecule has 0 aliphatic carbocycles. The summed E-state index contributed by atoms with van der Waals surface area (Å²) >= 11 is 0. The van der Waals surface area contributed by atoms with Crippen LogP contribution < -0.4 is 5.73 Å². The van der Waals surface area contributed by atoms with Crippen molar-refractivity contribution >= 4 is 5.91 Å². The molecule has 1 atom stereocenters. The lowest BCUT2D eigenvalue weighted by Crippen LogP contribution is -2.49. The first kappa shape index (κ1) is 19.4. The van der Waals surface area contributed by atoms with Gasteiger partial charge in [-0.25, -0.2) is 0 Å². The van der Waals surface area contributed by atoms with E-state index in [1.54, 1.807) is 0 Å². The SMILES string of the molecule is NC(=O)C(c1ccccc1)(c1ccccc1)C1CCN(CCc2ccccc2)C1. The van der Waals surface area contributed by atoms with Gasteiger partial charge in [-0.15, -0.1) is 0 Å². The first-order chi connectivity index (χ1) is 14.2. The van der Waals surface area contributed by atoms with E-state index in [1.807, 2.05) is 60.7 Å². The summed E-state index contributed by atoms with van der Waals surface area (Å²) < 4.78 is 0. The molecule has 3 aromatic carbocycles. The number of carbonyl (C=O) groups excluding carboxylic acids is 1. The van der Waals surface area contributed by atoms with Crippen molar-refractivity contribution in [3.8, 4) is 0 Å². The Morgan fingerprint density at radius 2 is 1.38 bits per heavy atom. The summed E-state index contributed by atoms with van der Waals surface area (Å²) in [5.41, 5.74) is 8.71. The Kier molecular flexibility index (Phi) is 5.77. The molecule has 29 heavy (non-hydrogen) atoms. The second-order valence-corrected chi connectivity index (χ2v) is 7.93. The van der Waals surface area contributed by atoms with Gasteiger partial charge in [-0.05, 0) is 42.0 Å². The first-order valence-electron chi connectivity index (χ1n) is 10.4. The maximum atomic E-state index is 13.1. The molecule has 1 heterocycles. The van der Waals surface area contributed by atoms with E-state index in [0.717, 1.165) is 43.6 Å². The van der Waals surface area contributed by atoms with Crippen LogP contribution >= 0.6 is 0 Å². The van der Waals surface area contributed by atoms with Crippen LogP contribution in [-0.4, -0.2) is 30.4 Å². The Balaban J connectivity index is 1.63. The zero-order valence-corrected chi connectivity index (χ0v) is 16.7. The molecule has 0 saturated carbocycles. The highest BCUT2D eigenvalue weighted by atomic mass is 16.1. The van der Waals surface area contributed by atoms with Crippen LogP contribution in [0.25, 0.3) is 0 Å². The van der Waals surface area contributed by atoms with Crippen molar-refractivity contribution < 1.29 is 4.79 Å². The summed E-state index contributed by atoms with van der Waals surface area (Å²) in [7, 11) is 0. The number of nitrogens with zero attached hydrogens (tertiary/aromatic N) is 1. The van der Waals surface area contributed by atoms with Crippen LogP contribution in [0.2, 0.25) is 0 Å². The molecule has 2 N–H and O–H groups in total. The molecular weight excluding hydrogens is 356 g/mol. The third-order valence-electron chi connectivity index (χ3n) is 6.29. The lowest BCUT2D eigenvalue weighted by Gasteiger charge is -2.37. The predicted octanol–water partition coefficient (Wildman–Crippen LogP) is 4.02. The van der Waals surface area contributed by atoms with E-state index in [4.69, 9.17) is 5.73 Å². The van der Waals surface area contributed by atoms with Gasteiger partial charge >= 0.3 is 0 Å². The minimum atomic E-state index is -0.802. The molecule has 3 nitrogen and oxygen atoms in total. The molecule has 3 heteroatoms. The lowest BCUT2D eigenvalue weighted by atomic mass is 9.64. The van der Waals surface area contributed by atoms with Crippen molar-refractivity contribution in [3.63, 3.8) is 0 Å². The maximum absolute atomic E-state index is 13.1. The van der Waals surface area contributed by atoms with Gasteiger partial charge in [0.1, 0.15) is 5.41 Å². The highest BCUT2D eigenvalue weighted by Gasteiger charge is 2.49. The quantitative estimate of drug-likeness (QED) is 0.669. The number of amides is 1. The normalized spacial score (nSPS) is 17.3. The van der Waals surface area contributed by atoms with Gasteiger partial charge < -0.3 is 10.6 Å². The number of hydrogen-bond donors (Lipinski definition) is 1. The molecule has 1 amide bonds. The van der Waals surface area contributed by atoms with Crippen LogP contribution in [0.15, 0.2) is 91.0 Å². The van der Waals surface area contributed by atoms with E-state index in [9.17, 15) is 4.79 Å². The van der Waals surface area contributed by atoms with E-state index in [1.165, 1.54) is 5.56 Å². The van der Waals surface area contributed by atoms with Gasteiger partial charge in [0.2, 0.25) is 5.91 Å². The van der Waals surface area contributed by atoms with Crippen molar-refractivity contribution in [1.29, 1.82) is 0 Å². The molecule has 1 aliphatic rings. The minimum absolute atomic E-state index is 0.153. The van der Waals surface area contributed by atoms with Crippen molar-refractivity contribution in [1.82, 2.24) is 4.90 Å². The second kappa shape index (κ2) is 8.62. The Labute approximate surface area is 173 Å². The summed E-state index contributed by atoms with van der Waals surface area (Å²) in [6, 6.07) is 30.7. The summed E-state index contributed by atoms with van der Waals surface area (Å²) in [4.78, 5) is 15.6. The van der Waals surface area contributed by atoms with Crippen molar-refractivity contribution in [3.05, 3.63) is 108 Å². The zero-order chi connectivity index (χ0) is 20.1. The Morgan fingerprint density at radius 3 is 1.90 bits per heavy atom. The molecule has 3 aromatic rings. The van der Waals surface area contributed by atoms with Crippen LogP contribution in [0.5, 0.6) is 0 Å². The van der Waals surface area contributed by atoms with Crippen molar-refractivity contribution in [2.24, 2.45) is 11.7 Å². The fourth-order valence-corrected chi connectivity index (χ4v) is 4.85. The van der Waals surface area contributed by atoms with E-state index < -0.39 is 5.41 Å². The number of benzene rings is 3. The number of carbonyl (C=O) groups is 1. The van der Waals surface area contributed by atoms with Crippen LogP contribution in [0, 0.1) is 5.92 Å². The Morgan fingerprint density at radius 1 is 0.862 bits per heavy atom. The van der Waals surface area contributed by atoms with Gasteiger partial charge in [0.05, 0.1) is 0 Å². The molecule has 1 unspecified atom stereocenters. The number of nitrogens with two attached hydrogens (primary N) is 1. The molecule has 0 aromatic heterocycles. The Hall–Kier alpha value is -2.91. The summed E-state index contributed by atoms with van der Waals surface area (Å²) in [6.07, 6.45) is 1.98. The van der Waals surface area contributed by atoms with Gasteiger partial charge in [-0.3, -0.25) is 4.79 Å². The van der Waals surface area contributed by atoms with Crippen LogP contribution in [0.3, 0.4) is 0 Å². The Bertz CT molecular complexity index is 885. The summed E-state index contributed by atoms with van der Waals surface area (Å²) in [6.45, 7) is 2.87. The smallest absolute Gasteiger partial charge is 0.232 e. The lowest BCUT2D eigenvalue weighted by molar-refractivity contribution is -0.123. The van der Waals surface area contributed by atoms with Crippen molar-refractivity contribution in [2.75, 3.05) is 19.6 Å². The molecule has 1 aliphatic heterocycles. The molecule has 0 radical (unpaired) electrons. The van der Waals surface area contributed by atoms with Gasteiger partial charge in [-0.1, -0.05) is 91.0 Å². The third kappa shape index (κ3) is 3.83. The average molecular weight is 385 g/mol. The fraction of sp³-hybridized carbons (Fsp3) is 0.269. The predicted molar refractivity (Wildman–Crippen MR) is 118 cm³/mol. The first-order valence-corrected chi connectivity index (χ1v) is 10.4. The summed E-state index contributed by atoms with van der Waals surface area (Å²) in [5.74, 6) is -0.106. The van der Waals surface area contributed by atoms with E-state index in [-0.39, 0.29) is 11.8 Å². The molecule has 1 fully saturated rings. The highest BCUT2D eigenvalue weighted by molar-refractivity contribution is 5.91. The van der Waals surface area contributed by atoms with Gasteiger partial charge in [-0.2, -0.15) is 0 Å². The second-order valence-electron chi connectivity index (χ2n) is 7.93. The fourth-order valence-electron chi connectivity index (χ4n) is 4.85. The highest BCUT2D eigenvalue weighted by Crippen LogP contribution is 2.43. The van der Waals surface area contributed by atoms with E-state index in [2.05, 4.69) is 35.2 Å². The summed E-state index contributed by atoms with van der Waals surface area (Å²) in [5, 5.41) is 0. The molecule has 148 valence electrons. The molecule has 0 spiro atoms. The van der Waals surface area contributed by atoms with Crippen LogP contribution in [-0.2, 0) is 16.6 Å². The third-order valence-corrected chi connectivity index (χ3v) is 6.29. The largest absolute Gasteiger partial charge is 0.369 e. The number of primary amides is 1. The van der Waals surface area contributed by atoms with Crippen LogP contribution in [0.1, 0.15) is 23.1 Å². The zero-order valence-electron chi connectivity index (χ0n) is 16.7. The molecule has 0 bridgehead atoms. The van der Waals surface area contributed by atoms with Crippen molar-refractivity contribution in [2.45, 2.75) is 18.3 Å². The van der Waals surface area contributed by atoms with Gasteiger partial charge in [0, 0.05) is 13.1 Å². The monoisotopic (exact) mass is 384 g/mol. The number of likely N-dealkylation sites (tertiary alicyclic amines) is 1. The minimum Gasteiger partial charge on any atom is -0.369 e. The van der Waals surface area contributed by atoms with E-state index >= 15 is 0 Å². The molecule has 4 rings (SSSR count). The van der Waals surface area contributed by atoms with Crippen LogP contribution in [0.4, 0.5) is 0 Å². The standard InChI is InChI=1S/C26H28N2O/c27-25(29)26(22-12-6-2-7-13-22,23-14-8-3-9-15-23)24-17-19-28(20-24)18-16-21-10-4-1-5-11-21/h1-15,24H,16-20H2,(H2,27,29). The average Bonchev–Trinajstić information content (AvgIpc) is 3.24. The topological polar surface area (TPSA) is 46.3 Å². The number of rotatable bonds is 7. The van der Waals surface area contributed by atoms with Gasteiger partial charge in [0.15, 0.2) is 0 Å². The molecule has 1 saturated heterocycles. The van der Waals surface area contributed by atoms with E-state index in [0.29, 0.717) is 0 Å². The maximum Gasteiger partial charge on any atom is 0.232 e.